The van der Waals surface area contributed by atoms with Gasteiger partial charge in [0.25, 0.3) is 0 Å². The van der Waals surface area contributed by atoms with Crippen molar-refractivity contribution in [2.75, 3.05) is 6.54 Å². The first-order chi connectivity index (χ1) is 13.1. The standard InChI is InChI=1S/C20H16F2N4O/c1-13-8-15(21)2-4-18(13)14-6-7-23-20-25-17(11-26(20)10-14)12-27-19-5-3-16(22)9-24-19/h2-6,8,10-11,24H,9,12H2,1H3. The van der Waals surface area contributed by atoms with Gasteiger partial charge in [-0.1, -0.05) is 6.07 Å². The van der Waals surface area contributed by atoms with E-state index in [0.29, 0.717) is 17.5 Å². The van der Waals surface area contributed by atoms with Gasteiger partial charge in [0.2, 0.25) is 5.95 Å². The fraction of sp³-hybridized carbons (Fsp3) is 0.150. The van der Waals surface area contributed by atoms with Crippen molar-refractivity contribution >= 4 is 23.6 Å². The number of aromatic nitrogens is 2. The smallest absolute Gasteiger partial charge is 0.242 e. The van der Waals surface area contributed by atoms with Crippen LogP contribution in [-0.2, 0) is 11.3 Å². The number of aliphatic imine (C=N–C) groups is 1. The Morgan fingerprint density at radius 1 is 1.30 bits per heavy atom. The van der Waals surface area contributed by atoms with Crippen LogP contribution in [0.3, 0.4) is 0 Å². The monoisotopic (exact) mass is 366 g/mol. The first-order valence-electron chi connectivity index (χ1n) is 8.37. The lowest BCUT2D eigenvalue weighted by Crippen LogP contribution is -2.20. The van der Waals surface area contributed by atoms with Crippen LogP contribution in [0.2, 0.25) is 0 Å². The molecular weight excluding hydrogens is 350 g/mol. The molecular formula is C20H16F2N4O. The van der Waals surface area contributed by atoms with E-state index in [1.807, 2.05) is 13.1 Å². The van der Waals surface area contributed by atoms with Gasteiger partial charge < -0.3 is 10.1 Å². The third-order valence-electron chi connectivity index (χ3n) is 4.15. The van der Waals surface area contributed by atoms with Crippen LogP contribution in [0.15, 0.2) is 59.3 Å². The lowest BCUT2D eigenvalue weighted by Gasteiger charge is -2.13. The second-order valence-corrected chi connectivity index (χ2v) is 6.16. The highest BCUT2D eigenvalue weighted by atomic mass is 19.1. The average molecular weight is 366 g/mol. The number of halogens is 2. The molecule has 1 aromatic carbocycles. The molecule has 0 saturated carbocycles. The van der Waals surface area contributed by atoms with Crippen molar-refractivity contribution in [1.29, 1.82) is 0 Å². The maximum absolute atomic E-state index is 13.4. The summed E-state index contributed by atoms with van der Waals surface area (Å²) in [5.41, 5.74) is 3.23. The summed E-state index contributed by atoms with van der Waals surface area (Å²) in [6.45, 7) is 2.18. The van der Waals surface area contributed by atoms with E-state index in [0.717, 1.165) is 16.7 Å². The van der Waals surface area contributed by atoms with Gasteiger partial charge in [-0.05, 0) is 42.1 Å². The van der Waals surface area contributed by atoms with E-state index in [1.54, 1.807) is 22.9 Å². The van der Waals surface area contributed by atoms with Crippen molar-refractivity contribution in [2.45, 2.75) is 13.5 Å². The molecule has 0 amide bonds. The van der Waals surface area contributed by atoms with Crippen molar-refractivity contribution in [1.82, 2.24) is 14.9 Å². The Hall–Kier alpha value is -3.44. The molecule has 27 heavy (non-hydrogen) atoms. The van der Waals surface area contributed by atoms with Crippen LogP contribution < -0.4 is 5.32 Å². The largest absolute Gasteiger partial charge is 0.473 e. The van der Waals surface area contributed by atoms with Gasteiger partial charge in [-0.3, -0.25) is 4.57 Å². The van der Waals surface area contributed by atoms with Crippen molar-refractivity contribution < 1.29 is 13.5 Å². The summed E-state index contributed by atoms with van der Waals surface area (Å²) in [5.74, 6) is 3.30. The maximum Gasteiger partial charge on any atom is 0.242 e. The highest BCUT2D eigenvalue weighted by molar-refractivity contribution is 5.91. The Balaban J connectivity index is 1.57. The summed E-state index contributed by atoms with van der Waals surface area (Å²) in [6, 6.07) is 4.64. The van der Waals surface area contributed by atoms with Gasteiger partial charge >= 0.3 is 0 Å². The summed E-state index contributed by atoms with van der Waals surface area (Å²) in [6.07, 6.45) is 8.31. The average Bonchev–Trinajstić information content (AvgIpc) is 2.92. The number of rotatable bonds is 4. The number of allylic oxidation sites excluding steroid dienone is 4. The zero-order valence-corrected chi connectivity index (χ0v) is 14.5. The predicted octanol–water partition coefficient (Wildman–Crippen LogP) is 4.01. The number of hydrogen-bond acceptors (Lipinski definition) is 4. The number of nitrogens with zero attached hydrogens (tertiary/aromatic N) is 3. The summed E-state index contributed by atoms with van der Waals surface area (Å²) in [4.78, 5) is 8.62. The van der Waals surface area contributed by atoms with Crippen LogP contribution in [0.25, 0.3) is 11.8 Å². The molecule has 2 aliphatic rings. The molecule has 5 nitrogen and oxygen atoms in total. The summed E-state index contributed by atoms with van der Waals surface area (Å²) >= 11 is 0. The van der Waals surface area contributed by atoms with Gasteiger partial charge in [0, 0.05) is 30.1 Å². The van der Waals surface area contributed by atoms with E-state index in [2.05, 4.69) is 21.2 Å². The normalized spacial score (nSPS) is 15.3. The fourth-order valence-corrected chi connectivity index (χ4v) is 2.83. The Bertz CT molecular complexity index is 1060. The number of nitrogens with one attached hydrogen (secondary N) is 1. The first-order valence-corrected chi connectivity index (χ1v) is 8.37. The summed E-state index contributed by atoms with van der Waals surface area (Å²) in [5, 5.41) is 2.83. The molecule has 0 unspecified atom stereocenters. The van der Waals surface area contributed by atoms with Gasteiger partial charge in [-0.2, -0.15) is 4.99 Å². The molecule has 7 heteroatoms. The van der Waals surface area contributed by atoms with Gasteiger partial charge in [-0.25, -0.2) is 13.8 Å². The molecule has 0 spiro atoms. The van der Waals surface area contributed by atoms with Crippen molar-refractivity contribution in [3.63, 3.8) is 0 Å². The highest BCUT2D eigenvalue weighted by Gasteiger charge is 2.12. The molecule has 0 radical (unpaired) electrons. The van der Waals surface area contributed by atoms with E-state index in [-0.39, 0.29) is 24.8 Å². The number of dihydropyridines is 1. The zero-order valence-electron chi connectivity index (χ0n) is 14.5. The van der Waals surface area contributed by atoms with Gasteiger partial charge in [0.15, 0.2) is 5.88 Å². The van der Waals surface area contributed by atoms with Crippen LogP contribution in [-0.4, -0.2) is 22.0 Å². The molecule has 4 rings (SSSR count). The molecule has 0 saturated heterocycles. The molecule has 1 N–H and O–H groups in total. The minimum atomic E-state index is -0.272. The van der Waals surface area contributed by atoms with Crippen LogP contribution >= 0.6 is 0 Å². The number of hydrogen-bond donors (Lipinski definition) is 1. The lowest BCUT2D eigenvalue weighted by atomic mass is 10.0. The topological polar surface area (TPSA) is 51.4 Å². The van der Waals surface area contributed by atoms with E-state index in [1.165, 1.54) is 24.3 Å². The molecule has 2 aliphatic heterocycles. The van der Waals surface area contributed by atoms with E-state index in [9.17, 15) is 8.78 Å². The molecule has 3 heterocycles. The van der Waals surface area contributed by atoms with E-state index < -0.39 is 0 Å². The van der Waals surface area contributed by atoms with Gasteiger partial charge in [0.1, 0.15) is 18.3 Å². The van der Waals surface area contributed by atoms with Gasteiger partial charge in [-0.15, -0.1) is 0 Å². The van der Waals surface area contributed by atoms with Crippen molar-refractivity contribution in [3.05, 3.63) is 77.0 Å². The van der Waals surface area contributed by atoms with Gasteiger partial charge in [0.05, 0.1) is 12.2 Å². The van der Waals surface area contributed by atoms with E-state index in [4.69, 9.17) is 4.74 Å². The summed E-state index contributed by atoms with van der Waals surface area (Å²) < 4.78 is 33.7. The number of ether oxygens (including phenoxy) is 1. The Morgan fingerprint density at radius 2 is 2.19 bits per heavy atom. The third kappa shape index (κ3) is 3.73. The maximum atomic E-state index is 13.4. The van der Waals surface area contributed by atoms with Crippen LogP contribution in [0.4, 0.5) is 14.7 Å². The van der Waals surface area contributed by atoms with Crippen LogP contribution in [0.1, 0.15) is 16.8 Å². The SMILES string of the molecule is Cc1cc(F)ccc1C1=Cn2cc(COC3=CC=C(F)CN3)nc2N=C=C1. The zero-order chi connectivity index (χ0) is 18.8. The number of benzene rings is 1. The Morgan fingerprint density at radius 3 is 2.96 bits per heavy atom. The molecule has 0 fully saturated rings. The second-order valence-electron chi connectivity index (χ2n) is 6.16. The molecule has 2 aromatic rings. The van der Waals surface area contributed by atoms with E-state index >= 15 is 0 Å². The number of aryl methyl sites for hydroxylation is 1. The Labute approximate surface area is 154 Å². The van der Waals surface area contributed by atoms with Crippen LogP contribution in [0, 0.1) is 12.7 Å². The first kappa shape index (κ1) is 17.0. The molecule has 136 valence electrons. The fourth-order valence-electron chi connectivity index (χ4n) is 2.83. The minimum absolute atomic E-state index is 0.115. The number of fused-ring (bicyclic) bond motifs is 1. The quantitative estimate of drug-likeness (QED) is 0.889. The van der Waals surface area contributed by atoms with Crippen molar-refractivity contribution in [3.8, 4) is 0 Å². The molecule has 0 bridgehead atoms. The molecule has 1 aromatic heterocycles. The Kier molecular flexibility index (Phi) is 4.44. The number of imidazole rings is 1. The van der Waals surface area contributed by atoms with Crippen LogP contribution in [0.5, 0.6) is 0 Å². The minimum Gasteiger partial charge on any atom is -0.473 e. The second kappa shape index (κ2) is 7.05. The third-order valence-corrected chi connectivity index (χ3v) is 4.15. The lowest BCUT2D eigenvalue weighted by molar-refractivity contribution is 0.174. The summed E-state index contributed by atoms with van der Waals surface area (Å²) in [7, 11) is 0. The molecule has 0 aliphatic carbocycles. The predicted molar refractivity (Wildman–Crippen MR) is 99.3 cm³/mol. The molecule has 0 atom stereocenters. The van der Waals surface area contributed by atoms with Crippen molar-refractivity contribution in [2.24, 2.45) is 4.99 Å². The highest BCUT2D eigenvalue weighted by Crippen LogP contribution is 2.25.